The number of rotatable bonds is 5. The Kier molecular flexibility index (Phi) is 7.20. The van der Waals surface area contributed by atoms with E-state index in [1.165, 1.54) is 71.1 Å². The summed E-state index contributed by atoms with van der Waals surface area (Å²) >= 11 is 0. The van der Waals surface area contributed by atoms with Gasteiger partial charge in [0.05, 0.1) is 0 Å². The predicted octanol–water partition coefficient (Wildman–Crippen LogP) is 5.33. The molecule has 142 valence electrons. The Hall–Kier alpha value is -0.0800. The van der Waals surface area contributed by atoms with Crippen molar-refractivity contribution < 1.29 is 0 Å². The van der Waals surface area contributed by atoms with Gasteiger partial charge in [-0.3, -0.25) is 0 Å². The van der Waals surface area contributed by atoms with E-state index in [0.717, 1.165) is 17.8 Å². The average Bonchev–Trinajstić information content (AvgIpc) is 2.47. The fourth-order valence-corrected chi connectivity index (χ4v) is 4.69. The molecule has 1 heterocycles. The summed E-state index contributed by atoms with van der Waals surface area (Å²) in [5.74, 6) is 2.88. The molecule has 2 aliphatic rings. The molecule has 0 unspecified atom stereocenters. The zero-order valence-electron chi connectivity index (χ0n) is 17.5. The minimum atomic E-state index is 0.270. The van der Waals surface area contributed by atoms with Crippen LogP contribution in [0.15, 0.2) is 0 Å². The fraction of sp³-hybridized carbons (Fsp3) is 1.00. The Labute approximate surface area is 152 Å². The second-order valence-corrected chi connectivity index (χ2v) is 10.8. The Morgan fingerprint density at radius 3 is 1.88 bits per heavy atom. The van der Waals surface area contributed by atoms with Crippen LogP contribution in [-0.4, -0.2) is 36.6 Å². The molecule has 0 aromatic carbocycles. The zero-order chi connectivity index (χ0) is 17.8. The van der Waals surface area contributed by atoms with Gasteiger partial charge in [-0.25, -0.2) is 0 Å². The van der Waals surface area contributed by atoms with Crippen molar-refractivity contribution in [1.82, 2.24) is 10.2 Å². The normalized spacial score (nSPS) is 28.2. The second kappa shape index (κ2) is 8.54. The Morgan fingerprint density at radius 2 is 1.38 bits per heavy atom. The molecule has 0 atom stereocenters. The lowest BCUT2D eigenvalue weighted by atomic mass is 9.70. The van der Waals surface area contributed by atoms with Gasteiger partial charge in [0.25, 0.3) is 0 Å². The van der Waals surface area contributed by atoms with Gasteiger partial charge in [0.2, 0.25) is 0 Å². The molecule has 2 fully saturated rings. The van der Waals surface area contributed by atoms with Crippen LogP contribution in [0, 0.1) is 23.2 Å². The van der Waals surface area contributed by atoms with Crippen LogP contribution >= 0.6 is 0 Å². The lowest BCUT2D eigenvalue weighted by molar-refractivity contribution is 0.105. The maximum absolute atomic E-state index is 3.65. The SMILES string of the molecule is CC(C)(C)NCCC1CCN(CC2CCC(C(C)(C)C)CC2)CC1. The van der Waals surface area contributed by atoms with E-state index in [4.69, 9.17) is 0 Å². The first-order chi connectivity index (χ1) is 11.1. The van der Waals surface area contributed by atoms with Gasteiger partial charge >= 0.3 is 0 Å². The van der Waals surface area contributed by atoms with E-state index in [-0.39, 0.29) is 5.54 Å². The maximum Gasteiger partial charge on any atom is 0.00965 e. The van der Waals surface area contributed by atoms with Gasteiger partial charge in [-0.2, -0.15) is 0 Å². The Bertz CT molecular complexity index is 347. The third kappa shape index (κ3) is 7.04. The largest absolute Gasteiger partial charge is 0.312 e. The van der Waals surface area contributed by atoms with Crippen LogP contribution in [0.25, 0.3) is 0 Å². The topological polar surface area (TPSA) is 15.3 Å². The number of hydrogen-bond donors (Lipinski definition) is 1. The minimum absolute atomic E-state index is 0.270. The van der Waals surface area contributed by atoms with Crippen LogP contribution in [0.5, 0.6) is 0 Å². The molecular formula is C22H44N2. The molecule has 1 aliphatic carbocycles. The quantitative estimate of drug-likeness (QED) is 0.730. The monoisotopic (exact) mass is 336 g/mol. The molecule has 0 aromatic rings. The van der Waals surface area contributed by atoms with Crippen molar-refractivity contribution in [1.29, 1.82) is 0 Å². The molecule has 2 rings (SSSR count). The maximum atomic E-state index is 3.65. The first kappa shape index (κ1) is 20.2. The molecule has 1 N–H and O–H groups in total. The van der Waals surface area contributed by atoms with Gasteiger partial charge in [-0.1, -0.05) is 20.8 Å². The molecule has 2 nitrogen and oxygen atoms in total. The van der Waals surface area contributed by atoms with Crippen molar-refractivity contribution in [3.63, 3.8) is 0 Å². The number of nitrogens with zero attached hydrogens (tertiary/aromatic N) is 1. The lowest BCUT2D eigenvalue weighted by Crippen LogP contribution is -2.40. The highest BCUT2D eigenvalue weighted by Crippen LogP contribution is 2.40. The molecule has 0 amide bonds. The summed E-state index contributed by atoms with van der Waals surface area (Å²) in [6.45, 7) is 19.3. The van der Waals surface area contributed by atoms with Crippen molar-refractivity contribution in [3.8, 4) is 0 Å². The van der Waals surface area contributed by atoms with Gasteiger partial charge in [0, 0.05) is 12.1 Å². The van der Waals surface area contributed by atoms with E-state index in [2.05, 4.69) is 51.8 Å². The molecule has 24 heavy (non-hydrogen) atoms. The van der Waals surface area contributed by atoms with Crippen LogP contribution < -0.4 is 5.32 Å². The molecule has 0 bridgehead atoms. The van der Waals surface area contributed by atoms with Gasteiger partial charge in [-0.15, -0.1) is 0 Å². The van der Waals surface area contributed by atoms with Crippen LogP contribution in [0.1, 0.15) is 86.5 Å². The van der Waals surface area contributed by atoms with Gasteiger partial charge in [-0.05, 0) is 109 Å². The van der Waals surface area contributed by atoms with Crippen molar-refractivity contribution >= 4 is 0 Å². The summed E-state index contributed by atoms with van der Waals surface area (Å²) in [7, 11) is 0. The Balaban J connectivity index is 1.60. The zero-order valence-corrected chi connectivity index (χ0v) is 17.5. The summed E-state index contributed by atoms with van der Waals surface area (Å²) in [4.78, 5) is 2.77. The first-order valence-corrected chi connectivity index (χ1v) is 10.6. The third-order valence-corrected chi connectivity index (χ3v) is 6.50. The van der Waals surface area contributed by atoms with Crippen molar-refractivity contribution in [2.75, 3.05) is 26.2 Å². The van der Waals surface area contributed by atoms with Gasteiger partial charge in [0.15, 0.2) is 0 Å². The van der Waals surface area contributed by atoms with E-state index in [9.17, 15) is 0 Å². The summed E-state index contributed by atoms with van der Waals surface area (Å²) in [5, 5.41) is 3.65. The van der Waals surface area contributed by atoms with E-state index in [1.807, 2.05) is 0 Å². The Morgan fingerprint density at radius 1 is 0.792 bits per heavy atom. The number of nitrogens with one attached hydrogen (secondary N) is 1. The number of hydrogen-bond acceptors (Lipinski definition) is 2. The van der Waals surface area contributed by atoms with E-state index < -0.39 is 0 Å². The van der Waals surface area contributed by atoms with Gasteiger partial charge < -0.3 is 10.2 Å². The molecular weight excluding hydrogens is 292 g/mol. The molecule has 1 aliphatic heterocycles. The second-order valence-electron chi connectivity index (χ2n) is 10.8. The summed E-state index contributed by atoms with van der Waals surface area (Å²) in [6.07, 6.45) is 10.1. The van der Waals surface area contributed by atoms with Crippen molar-refractivity contribution in [2.45, 2.75) is 92.0 Å². The van der Waals surface area contributed by atoms with E-state index >= 15 is 0 Å². The standard InChI is InChI=1S/C22H44N2/c1-21(2,3)20-9-7-19(8-10-20)17-24-15-12-18(13-16-24)11-14-23-22(4,5)6/h18-20,23H,7-17H2,1-6H3. The third-order valence-electron chi connectivity index (χ3n) is 6.50. The average molecular weight is 337 g/mol. The van der Waals surface area contributed by atoms with Gasteiger partial charge in [0.1, 0.15) is 0 Å². The van der Waals surface area contributed by atoms with Crippen molar-refractivity contribution in [3.05, 3.63) is 0 Å². The van der Waals surface area contributed by atoms with Crippen molar-refractivity contribution in [2.24, 2.45) is 23.2 Å². The summed E-state index contributed by atoms with van der Waals surface area (Å²) in [5.41, 5.74) is 0.789. The smallest absolute Gasteiger partial charge is 0.00965 e. The van der Waals surface area contributed by atoms with Crippen LogP contribution in [0.3, 0.4) is 0 Å². The minimum Gasteiger partial charge on any atom is -0.312 e. The number of likely N-dealkylation sites (tertiary alicyclic amines) is 1. The highest BCUT2D eigenvalue weighted by atomic mass is 15.1. The first-order valence-electron chi connectivity index (χ1n) is 10.6. The van der Waals surface area contributed by atoms with E-state index in [1.54, 1.807) is 0 Å². The molecule has 2 heteroatoms. The van der Waals surface area contributed by atoms with Crippen LogP contribution in [0.2, 0.25) is 0 Å². The molecule has 1 saturated heterocycles. The van der Waals surface area contributed by atoms with Crippen LogP contribution in [0.4, 0.5) is 0 Å². The molecule has 1 saturated carbocycles. The molecule has 0 radical (unpaired) electrons. The molecule has 0 spiro atoms. The number of piperidine rings is 1. The summed E-state index contributed by atoms with van der Waals surface area (Å²) < 4.78 is 0. The highest BCUT2D eigenvalue weighted by molar-refractivity contribution is 4.83. The highest BCUT2D eigenvalue weighted by Gasteiger charge is 2.31. The predicted molar refractivity (Wildman–Crippen MR) is 106 cm³/mol. The fourth-order valence-electron chi connectivity index (χ4n) is 4.69. The molecule has 0 aromatic heterocycles. The van der Waals surface area contributed by atoms with Crippen LogP contribution in [-0.2, 0) is 0 Å². The van der Waals surface area contributed by atoms with E-state index in [0.29, 0.717) is 5.41 Å². The summed E-state index contributed by atoms with van der Waals surface area (Å²) in [6, 6.07) is 0. The lowest BCUT2D eigenvalue weighted by Gasteiger charge is -2.40.